The normalized spacial score (nSPS) is 14.7. The summed E-state index contributed by atoms with van der Waals surface area (Å²) < 4.78 is 5.75. The average Bonchev–Trinajstić information content (AvgIpc) is 2.78. The minimum absolute atomic E-state index is 0.0556. The van der Waals surface area contributed by atoms with E-state index in [9.17, 15) is 4.79 Å². The van der Waals surface area contributed by atoms with Crippen molar-refractivity contribution < 1.29 is 9.53 Å². The van der Waals surface area contributed by atoms with Gasteiger partial charge in [-0.25, -0.2) is 0 Å². The highest BCUT2D eigenvalue weighted by Gasteiger charge is 2.22. The van der Waals surface area contributed by atoms with Gasteiger partial charge in [-0.2, -0.15) is 0 Å². The third-order valence-corrected chi connectivity index (χ3v) is 5.59. The molecule has 1 saturated heterocycles. The molecule has 5 heteroatoms. The molecule has 4 rings (SSSR count). The molecule has 1 aromatic heterocycles. The van der Waals surface area contributed by atoms with Crippen LogP contribution in [0.2, 0.25) is 0 Å². The van der Waals surface area contributed by atoms with Crippen LogP contribution in [0.5, 0.6) is 5.75 Å². The molecule has 0 bridgehead atoms. The Bertz CT molecular complexity index is 966. The fourth-order valence-corrected chi connectivity index (χ4v) is 4.02. The van der Waals surface area contributed by atoms with Crippen LogP contribution in [0.4, 0.5) is 5.69 Å². The van der Waals surface area contributed by atoms with Crippen molar-refractivity contribution in [3.63, 3.8) is 0 Å². The molecule has 2 heterocycles. The van der Waals surface area contributed by atoms with E-state index in [-0.39, 0.29) is 5.91 Å². The van der Waals surface area contributed by atoms with Crippen LogP contribution in [-0.4, -0.2) is 37.1 Å². The fraction of sp³-hybridized carbons (Fsp3) is 0.333. The fourth-order valence-electron chi connectivity index (χ4n) is 4.02. The molecule has 3 aromatic rings. The van der Waals surface area contributed by atoms with E-state index in [2.05, 4.69) is 21.3 Å². The van der Waals surface area contributed by atoms with Crippen molar-refractivity contribution in [2.45, 2.75) is 19.8 Å². The van der Waals surface area contributed by atoms with E-state index in [0.29, 0.717) is 30.4 Å². The topological polar surface area (TPSA) is 54.5 Å². The first-order valence-corrected chi connectivity index (χ1v) is 10.3. The van der Waals surface area contributed by atoms with Crippen molar-refractivity contribution in [1.29, 1.82) is 0 Å². The maximum atomic E-state index is 13.1. The number of hydrogen-bond donors (Lipinski definition) is 1. The first kappa shape index (κ1) is 19.2. The Hall–Kier alpha value is -3.08. The van der Waals surface area contributed by atoms with Crippen molar-refractivity contribution in [2.75, 3.05) is 31.1 Å². The molecular formula is C24H27N3O2. The van der Waals surface area contributed by atoms with Gasteiger partial charge in [-0.15, -0.1) is 0 Å². The Kier molecular flexibility index (Phi) is 5.94. The molecule has 1 aliphatic rings. The lowest BCUT2D eigenvalue weighted by atomic mass is 9.96. The number of aromatic nitrogens is 1. The number of pyridine rings is 1. The van der Waals surface area contributed by atoms with Crippen molar-refractivity contribution in [3.8, 4) is 5.75 Å². The van der Waals surface area contributed by atoms with E-state index in [1.165, 1.54) is 5.69 Å². The van der Waals surface area contributed by atoms with Crippen LogP contribution in [0, 0.1) is 5.92 Å². The van der Waals surface area contributed by atoms with E-state index in [1.54, 1.807) is 6.20 Å². The minimum atomic E-state index is -0.0556. The Morgan fingerprint density at radius 3 is 2.72 bits per heavy atom. The third-order valence-electron chi connectivity index (χ3n) is 5.59. The van der Waals surface area contributed by atoms with Crippen LogP contribution >= 0.6 is 0 Å². The number of nitrogens with zero attached hydrogens (tertiary/aromatic N) is 2. The van der Waals surface area contributed by atoms with E-state index < -0.39 is 0 Å². The van der Waals surface area contributed by atoms with Crippen LogP contribution < -0.4 is 15.0 Å². The number of rotatable bonds is 6. The third kappa shape index (κ3) is 4.34. The van der Waals surface area contributed by atoms with Crippen LogP contribution in [0.1, 0.15) is 30.1 Å². The largest absolute Gasteiger partial charge is 0.493 e. The average molecular weight is 389 g/mol. The van der Waals surface area contributed by atoms with Gasteiger partial charge in [0.2, 0.25) is 0 Å². The summed E-state index contributed by atoms with van der Waals surface area (Å²) in [5.74, 6) is 1.08. The molecule has 1 N–H and O–H groups in total. The quantitative estimate of drug-likeness (QED) is 0.684. The zero-order chi connectivity index (χ0) is 20.1. The van der Waals surface area contributed by atoms with E-state index in [4.69, 9.17) is 4.74 Å². The maximum Gasteiger partial charge on any atom is 0.255 e. The Labute approximate surface area is 171 Å². The standard InChI is InChI=1S/C24H27N3O2/c1-2-29-22-10-9-19-6-3-4-8-21(19)23(22)24(28)26-16-18-11-14-27(15-12-18)20-7-5-13-25-17-20/h3-10,13,17-18H,2,11-12,14-16H2,1H3,(H,26,28). The summed E-state index contributed by atoms with van der Waals surface area (Å²) >= 11 is 0. The summed E-state index contributed by atoms with van der Waals surface area (Å²) in [6.07, 6.45) is 5.83. The summed E-state index contributed by atoms with van der Waals surface area (Å²) in [4.78, 5) is 19.6. The van der Waals surface area contributed by atoms with E-state index in [1.807, 2.05) is 55.6 Å². The van der Waals surface area contributed by atoms with Crippen molar-refractivity contribution in [1.82, 2.24) is 10.3 Å². The van der Waals surface area contributed by atoms with E-state index in [0.717, 1.165) is 36.7 Å². The van der Waals surface area contributed by atoms with Crippen molar-refractivity contribution >= 4 is 22.4 Å². The predicted octanol–water partition coefficient (Wildman–Crippen LogP) is 4.28. The van der Waals surface area contributed by atoms with Gasteiger partial charge in [-0.05, 0) is 54.7 Å². The molecule has 29 heavy (non-hydrogen) atoms. The zero-order valence-electron chi connectivity index (χ0n) is 16.8. The smallest absolute Gasteiger partial charge is 0.255 e. The van der Waals surface area contributed by atoms with Gasteiger partial charge in [0.15, 0.2) is 0 Å². The number of carbonyl (C=O) groups is 1. The molecule has 0 saturated carbocycles. The molecule has 0 spiro atoms. The molecule has 0 atom stereocenters. The number of carbonyl (C=O) groups excluding carboxylic acids is 1. The molecular weight excluding hydrogens is 362 g/mol. The molecule has 1 amide bonds. The highest BCUT2D eigenvalue weighted by Crippen LogP contribution is 2.28. The van der Waals surface area contributed by atoms with Crippen LogP contribution in [0.25, 0.3) is 10.8 Å². The number of ether oxygens (including phenoxy) is 1. The Morgan fingerprint density at radius 1 is 1.14 bits per heavy atom. The predicted molar refractivity (Wildman–Crippen MR) is 117 cm³/mol. The summed E-state index contributed by atoms with van der Waals surface area (Å²) in [6, 6.07) is 15.9. The highest BCUT2D eigenvalue weighted by molar-refractivity contribution is 6.09. The molecule has 0 radical (unpaired) electrons. The second kappa shape index (κ2) is 8.95. The van der Waals surface area contributed by atoms with Crippen molar-refractivity contribution in [3.05, 3.63) is 66.5 Å². The highest BCUT2D eigenvalue weighted by atomic mass is 16.5. The zero-order valence-corrected chi connectivity index (χ0v) is 16.8. The van der Waals surface area contributed by atoms with Crippen LogP contribution in [-0.2, 0) is 0 Å². The lowest BCUT2D eigenvalue weighted by Gasteiger charge is -2.33. The van der Waals surface area contributed by atoms with Gasteiger partial charge in [0.05, 0.1) is 24.1 Å². The van der Waals surface area contributed by atoms with Crippen LogP contribution in [0.15, 0.2) is 60.9 Å². The van der Waals surface area contributed by atoms with Gasteiger partial charge >= 0.3 is 0 Å². The second-order valence-corrected chi connectivity index (χ2v) is 7.44. The van der Waals surface area contributed by atoms with Gasteiger partial charge in [-0.1, -0.05) is 30.3 Å². The molecule has 5 nitrogen and oxygen atoms in total. The monoisotopic (exact) mass is 389 g/mol. The number of benzene rings is 2. The van der Waals surface area contributed by atoms with Gasteiger partial charge in [0.25, 0.3) is 5.91 Å². The first-order chi connectivity index (χ1) is 14.3. The number of nitrogens with one attached hydrogen (secondary N) is 1. The summed E-state index contributed by atoms with van der Waals surface area (Å²) in [5, 5.41) is 5.14. The lowest BCUT2D eigenvalue weighted by Crippen LogP contribution is -2.38. The first-order valence-electron chi connectivity index (χ1n) is 10.3. The molecule has 2 aromatic carbocycles. The van der Waals surface area contributed by atoms with Crippen LogP contribution in [0.3, 0.4) is 0 Å². The number of anilines is 1. The molecule has 1 aliphatic heterocycles. The number of hydrogen-bond acceptors (Lipinski definition) is 4. The van der Waals surface area contributed by atoms with E-state index >= 15 is 0 Å². The number of fused-ring (bicyclic) bond motifs is 1. The molecule has 0 unspecified atom stereocenters. The summed E-state index contributed by atoms with van der Waals surface area (Å²) in [5.41, 5.74) is 1.81. The molecule has 150 valence electrons. The summed E-state index contributed by atoms with van der Waals surface area (Å²) in [7, 11) is 0. The van der Waals surface area contributed by atoms with Gasteiger partial charge in [0.1, 0.15) is 5.75 Å². The van der Waals surface area contributed by atoms with Gasteiger partial charge < -0.3 is 15.0 Å². The SMILES string of the molecule is CCOc1ccc2ccccc2c1C(=O)NCC1CCN(c2cccnc2)CC1. The second-order valence-electron chi connectivity index (χ2n) is 7.44. The maximum absolute atomic E-state index is 13.1. The lowest BCUT2D eigenvalue weighted by molar-refractivity contribution is 0.0943. The van der Waals surface area contributed by atoms with Crippen molar-refractivity contribution in [2.24, 2.45) is 5.92 Å². The number of amides is 1. The number of piperidine rings is 1. The molecule has 0 aliphatic carbocycles. The molecule has 1 fully saturated rings. The Morgan fingerprint density at radius 2 is 1.97 bits per heavy atom. The van der Waals surface area contributed by atoms with Gasteiger partial charge in [0, 0.05) is 25.8 Å². The minimum Gasteiger partial charge on any atom is -0.493 e. The summed E-state index contributed by atoms with van der Waals surface area (Å²) in [6.45, 7) is 5.14. The van der Waals surface area contributed by atoms with Gasteiger partial charge in [-0.3, -0.25) is 9.78 Å². The Balaban J connectivity index is 1.41.